The average Bonchev–Trinajstić information content (AvgIpc) is 2.54. The second kappa shape index (κ2) is 6.42. The van der Waals surface area contributed by atoms with Gasteiger partial charge in [-0.15, -0.1) is 0 Å². The minimum absolute atomic E-state index is 0.182. The van der Waals surface area contributed by atoms with Crippen molar-refractivity contribution in [2.75, 3.05) is 7.05 Å². The molecule has 0 fully saturated rings. The van der Waals surface area contributed by atoms with E-state index in [1.165, 1.54) is 19.2 Å². The summed E-state index contributed by atoms with van der Waals surface area (Å²) in [5, 5.41) is 0. The van der Waals surface area contributed by atoms with Gasteiger partial charge in [0.2, 0.25) is 10.0 Å². The highest BCUT2D eigenvalue weighted by Gasteiger charge is 2.29. The molecule has 22 heavy (non-hydrogen) atoms. The van der Waals surface area contributed by atoms with Crippen LogP contribution in [0.25, 0.3) is 0 Å². The van der Waals surface area contributed by atoms with Crippen LogP contribution in [0.1, 0.15) is 22.8 Å². The Labute approximate surface area is 131 Å². The van der Waals surface area contributed by atoms with E-state index in [0.717, 1.165) is 9.87 Å². The van der Waals surface area contributed by atoms with E-state index in [2.05, 4.69) is 0 Å². The number of aryl methyl sites for hydroxylation is 1. The van der Waals surface area contributed by atoms with Gasteiger partial charge in [0, 0.05) is 12.6 Å². The Balaban J connectivity index is 2.27. The third kappa shape index (κ3) is 3.26. The van der Waals surface area contributed by atoms with E-state index < -0.39 is 16.1 Å². The van der Waals surface area contributed by atoms with E-state index >= 15 is 0 Å². The molecule has 0 aromatic heterocycles. The summed E-state index contributed by atoms with van der Waals surface area (Å²) >= 11 is 0. The van der Waals surface area contributed by atoms with Crippen molar-refractivity contribution in [1.82, 2.24) is 4.31 Å². The van der Waals surface area contributed by atoms with Crippen LogP contribution in [0.15, 0.2) is 59.5 Å². The van der Waals surface area contributed by atoms with Gasteiger partial charge in [-0.1, -0.05) is 48.0 Å². The lowest BCUT2D eigenvalue weighted by atomic mass is 10.0. The van der Waals surface area contributed by atoms with Crippen LogP contribution in [0.2, 0.25) is 0 Å². The number of hydrogen-bond acceptors (Lipinski definition) is 3. The van der Waals surface area contributed by atoms with Crippen LogP contribution >= 0.6 is 0 Å². The number of Topliss-reactive ketones (excluding diaryl/α,β-unsaturated/α-hetero) is 1. The number of carbonyl (C=O) groups excluding carboxylic acids is 1. The third-order valence-corrected chi connectivity index (χ3v) is 5.62. The Hall–Kier alpha value is -1.98. The summed E-state index contributed by atoms with van der Waals surface area (Å²) in [4.78, 5) is 12.7. The van der Waals surface area contributed by atoms with Crippen molar-refractivity contribution in [3.63, 3.8) is 0 Å². The Morgan fingerprint density at radius 2 is 1.55 bits per heavy atom. The smallest absolute Gasteiger partial charge is 0.243 e. The predicted octanol–water partition coefficient (Wildman–Crippen LogP) is 2.89. The molecule has 1 atom stereocenters. The molecule has 2 aromatic rings. The molecule has 0 spiro atoms. The van der Waals surface area contributed by atoms with Gasteiger partial charge in [-0.25, -0.2) is 8.42 Å². The maximum Gasteiger partial charge on any atom is 0.243 e. The molecule has 0 radical (unpaired) electrons. The summed E-state index contributed by atoms with van der Waals surface area (Å²) in [7, 11) is -2.26. The lowest BCUT2D eigenvalue weighted by molar-refractivity contribution is 0.0919. The van der Waals surface area contributed by atoms with Crippen molar-refractivity contribution in [3.05, 3.63) is 65.7 Å². The number of nitrogens with zero attached hydrogens (tertiary/aromatic N) is 1. The van der Waals surface area contributed by atoms with Gasteiger partial charge in [0.15, 0.2) is 5.78 Å². The van der Waals surface area contributed by atoms with E-state index in [0.29, 0.717) is 5.56 Å². The molecule has 0 N–H and O–H groups in total. The predicted molar refractivity (Wildman–Crippen MR) is 86.4 cm³/mol. The second-order valence-corrected chi connectivity index (χ2v) is 7.24. The first-order valence-corrected chi connectivity index (χ1v) is 8.42. The average molecular weight is 317 g/mol. The van der Waals surface area contributed by atoms with Crippen LogP contribution in [-0.4, -0.2) is 31.6 Å². The molecule has 0 aliphatic carbocycles. The molecule has 0 amide bonds. The fraction of sp³-hybridized carbons (Fsp3) is 0.235. The fourth-order valence-corrected chi connectivity index (χ4v) is 3.44. The molecule has 2 rings (SSSR count). The molecule has 4 nitrogen and oxygen atoms in total. The molecule has 0 saturated heterocycles. The van der Waals surface area contributed by atoms with Crippen LogP contribution in [0.5, 0.6) is 0 Å². The highest BCUT2D eigenvalue weighted by molar-refractivity contribution is 7.89. The van der Waals surface area contributed by atoms with Crippen LogP contribution in [0.3, 0.4) is 0 Å². The third-order valence-electron chi connectivity index (χ3n) is 3.68. The van der Waals surface area contributed by atoms with E-state index in [1.54, 1.807) is 37.3 Å². The number of likely N-dealkylation sites (N-methyl/N-ethyl adjacent to an activating group) is 1. The molecule has 0 aliphatic rings. The molecule has 0 heterocycles. The van der Waals surface area contributed by atoms with Crippen molar-refractivity contribution >= 4 is 15.8 Å². The molecule has 0 aliphatic heterocycles. The summed E-state index contributed by atoms with van der Waals surface area (Å²) in [6.07, 6.45) is 0. The van der Waals surface area contributed by atoms with E-state index in [-0.39, 0.29) is 10.7 Å². The van der Waals surface area contributed by atoms with Crippen LogP contribution < -0.4 is 0 Å². The zero-order chi connectivity index (χ0) is 16.3. The molecular weight excluding hydrogens is 298 g/mol. The normalized spacial score (nSPS) is 13.1. The highest BCUT2D eigenvalue weighted by atomic mass is 32.2. The monoisotopic (exact) mass is 317 g/mol. The Morgan fingerprint density at radius 3 is 2.09 bits per heavy atom. The molecular formula is C17H19NO3S. The highest BCUT2D eigenvalue weighted by Crippen LogP contribution is 2.18. The standard InChI is InChI=1S/C17H19NO3S/c1-13-9-11-15(12-10-13)17(19)14(2)18(3)22(20,21)16-7-5-4-6-8-16/h4-12,14H,1-3H3. The first-order valence-electron chi connectivity index (χ1n) is 6.98. The number of rotatable bonds is 5. The van der Waals surface area contributed by atoms with Crippen molar-refractivity contribution < 1.29 is 13.2 Å². The van der Waals surface area contributed by atoms with Gasteiger partial charge in [0.1, 0.15) is 0 Å². The number of ketones is 1. The number of carbonyl (C=O) groups is 1. The lowest BCUT2D eigenvalue weighted by Gasteiger charge is -2.23. The van der Waals surface area contributed by atoms with Crippen LogP contribution in [0, 0.1) is 6.92 Å². The first kappa shape index (κ1) is 16.4. The van der Waals surface area contributed by atoms with Gasteiger partial charge in [-0.3, -0.25) is 4.79 Å². The summed E-state index contributed by atoms with van der Waals surface area (Å²) in [6.45, 7) is 3.53. The van der Waals surface area contributed by atoms with Gasteiger partial charge >= 0.3 is 0 Å². The van der Waals surface area contributed by atoms with E-state index in [4.69, 9.17) is 0 Å². The maximum atomic E-state index is 12.5. The molecule has 5 heteroatoms. The topological polar surface area (TPSA) is 54.5 Å². The zero-order valence-electron chi connectivity index (χ0n) is 12.9. The van der Waals surface area contributed by atoms with Gasteiger partial charge in [0.25, 0.3) is 0 Å². The van der Waals surface area contributed by atoms with Gasteiger partial charge in [-0.05, 0) is 26.0 Å². The Bertz CT molecular complexity index is 752. The van der Waals surface area contributed by atoms with E-state index in [1.807, 2.05) is 19.1 Å². The molecule has 0 saturated carbocycles. The number of hydrogen-bond donors (Lipinski definition) is 0. The summed E-state index contributed by atoms with van der Waals surface area (Å²) < 4.78 is 26.2. The first-order chi connectivity index (χ1) is 10.3. The fourth-order valence-electron chi connectivity index (χ4n) is 2.09. The largest absolute Gasteiger partial charge is 0.292 e. The zero-order valence-corrected chi connectivity index (χ0v) is 13.7. The number of benzene rings is 2. The summed E-state index contributed by atoms with van der Waals surface area (Å²) in [5.41, 5.74) is 1.56. The van der Waals surface area contributed by atoms with Crippen molar-refractivity contribution in [3.8, 4) is 0 Å². The van der Waals surface area contributed by atoms with Crippen molar-refractivity contribution in [1.29, 1.82) is 0 Å². The van der Waals surface area contributed by atoms with Crippen LogP contribution in [-0.2, 0) is 10.0 Å². The molecule has 116 valence electrons. The molecule has 0 bridgehead atoms. The second-order valence-electron chi connectivity index (χ2n) is 5.24. The minimum atomic E-state index is -3.69. The summed E-state index contributed by atoms with van der Waals surface area (Å²) in [6, 6.07) is 14.5. The minimum Gasteiger partial charge on any atom is -0.292 e. The maximum absolute atomic E-state index is 12.5. The molecule has 2 aromatic carbocycles. The SMILES string of the molecule is Cc1ccc(C(=O)C(C)N(C)S(=O)(=O)c2ccccc2)cc1. The Kier molecular flexibility index (Phi) is 4.78. The molecule has 1 unspecified atom stereocenters. The Morgan fingerprint density at radius 1 is 1.00 bits per heavy atom. The summed E-state index contributed by atoms with van der Waals surface area (Å²) in [5.74, 6) is -0.220. The quantitative estimate of drug-likeness (QED) is 0.797. The van der Waals surface area contributed by atoms with E-state index in [9.17, 15) is 13.2 Å². The van der Waals surface area contributed by atoms with Crippen molar-refractivity contribution in [2.45, 2.75) is 24.8 Å². The van der Waals surface area contributed by atoms with Crippen LogP contribution in [0.4, 0.5) is 0 Å². The lowest BCUT2D eigenvalue weighted by Crippen LogP contribution is -2.40. The number of sulfonamides is 1. The van der Waals surface area contributed by atoms with Gasteiger partial charge in [-0.2, -0.15) is 4.31 Å². The van der Waals surface area contributed by atoms with Crippen molar-refractivity contribution in [2.24, 2.45) is 0 Å². The van der Waals surface area contributed by atoms with Gasteiger partial charge in [0.05, 0.1) is 10.9 Å². The van der Waals surface area contributed by atoms with Gasteiger partial charge < -0.3 is 0 Å².